The van der Waals surface area contributed by atoms with E-state index in [1.807, 2.05) is 0 Å². The molecule has 1 fully saturated rings. The lowest BCUT2D eigenvalue weighted by Gasteiger charge is -2.20. The van der Waals surface area contributed by atoms with Crippen LogP contribution < -0.4 is 16.8 Å². The molecular weight excluding hydrogens is 262 g/mol. The first kappa shape index (κ1) is 14.1. The minimum atomic E-state index is -0.527. The summed E-state index contributed by atoms with van der Waals surface area (Å²) in [5.74, 6) is 0.190. The van der Waals surface area contributed by atoms with E-state index in [-0.39, 0.29) is 5.82 Å². The number of nitrogens with zero attached hydrogens (tertiary/aromatic N) is 2. The minimum absolute atomic E-state index is 0.215. The molecule has 106 valence electrons. The van der Waals surface area contributed by atoms with E-state index in [9.17, 15) is 4.79 Å². The molecule has 1 aromatic heterocycles. The van der Waals surface area contributed by atoms with Gasteiger partial charge >= 0.3 is 0 Å². The van der Waals surface area contributed by atoms with Gasteiger partial charge in [0.25, 0.3) is 5.91 Å². The van der Waals surface area contributed by atoms with Gasteiger partial charge in [-0.1, -0.05) is 6.92 Å². The molecule has 0 spiro atoms. The average molecular weight is 283 g/mol. The van der Waals surface area contributed by atoms with Crippen LogP contribution in [-0.2, 0) is 0 Å². The Morgan fingerprint density at radius 2 is 2.21 bits per heavy atom. The van der Waals surface area contributed by atoms with Gasteiger partial charge in [0.1, 0.15) is 10.6 Å². The van der Waals surface area contributed by atoms with Crippen molar-refractivity contribution in [2.75, 3.05) is 37.2 Å². The van der Waals surface area contributed by atoms with E-state index in [2.05, 4.69) is 21.5 Å². The van der Waals surface area contributed by atoms with Gasteiger partial charge in [-0.3, -0.25) is 4.79 Å². The largest absolute Gasteiger partial charge is 0.382 e. The number of hydrogen-bond donors (Lipinski definition) is 3. The summed E-state index contributed by atoms with van der Waals surface area (Å²) in [5.41, 5.74) is 11.2. The van der Waals surface area contributed by atoms with Crippen LogP contribution in [0.15, 0.2) is 0 Å². The average Bonchev–Trinajstić information content (AvgIpc) is 2.96. The summed E-state index contributed by atoms with van der Waals surface area (Å²) in [6.45, 7) is 6.46. The van der Waals surface area contributed by atoms with Crippen LogP contribution in [0.4, 0.5) is 10.8 Å². The highest BCUT2D eigenvalue weighted by atomic mass is 32.1. The van der Waals surface area contributed by atoms with E-state index < -0.39 is 5.91 Å². The van der Waals surface area contributed by atoms with Crippen LogP contribution in [0.2, 0.25) is 0 Å². The zero-order valence-corrected chi connectivity index (χ0v) is 12.0. The Bertz CT molecular complexity index is 441. The summed E-state index contributed by atoms with van der Waals surface area (Å²) in [7, 11) is 0. The fourth-order valence-corrected chi connectivity index (χ4v) is 3.12. The van der Waals surface area contributed by atoms with Crippen molar-refractivity contribution in [3.8, 4) is 0 Å². The summed E-state index contributed by atoms with van der Waals surface area (Å²) in [4.78, 5) is 13.8. The molecule has 0 aromatic carbocycles. The first-order valence-corrected chi connectivity index (χ1v) is 7.36. The molecule has 2 heterocycles. The molecule has 0 bridgehead atoms. The molecule has 19 heavy (non-hydrogen) atoms. The molecule has 2 rings (SSSR count). The van der Waals surface area contributed by atoms with Crippen molar-refractivity contribution >= 4 is 28.3 Å². The molecule has 1 aliphatic heterocycles. The third kappa shape index (κ3) is 3.57. The van der Waals surface area contributed by atoms with Crippen LogP contribution >= 0.6 is 11.5 Å². The second-order valence-corrected chi connectivity index (χ2v) is 5.90. The standard InChI is InChI=1S/C12H21N5OS/c1-8(7-17-4-2-3-5-17)6-15-12-9(11(14)18)10(13)16-19-12/h8,15H,2-7H2,1H3,(H2,13,16)(H2,14,18). The highest BCUT2D eigenvalue weighted by Gasteiger charge is 2.18. The quantitative estimate of drug-likeness (QED) is 0.722. The molecular formula is C12H21N5OS. The van der Waals surface area contributed by atoms with Crippen LogP contribution in [-0.4, -0.2) is 41.4 Å². The van der Waals surface area contributed by atoms with Gasteiger partial charge < -0.3 is 21.7 Å². The van der Waals surface area contributed by atoms with Gasteiger partial charge in [-0.05, 0) is 43.4 Å². The zero-order chi connectivity index (χ0) is 13.8. The number of carbonyl (C=O) groups is 1. The Morgan fingerprint density at radius 3 is 2.84 bits per heavy atom. The number of carbonyl (C=O) groups excluding carboxylic acids is 1. The lowest BCUT2D eigenvalue weighted by Crippen LogP contribution is -2.29. The number of amides is 1. The predicted molar refractivity (Wildman–Crippen MR) is 78.4 cm³/mol. The van der Waals surface area contributed by atoms with Crippen molar-refractivity contribution in [1.82, 2.24) is 9.27 Å². The number of aromatic nitrogens is 1. The van der Waals surface area contributed by atoms with Crippen LogP contribution in [0.5, 0.6) is 0 Å². The van der Waals surface area contributed by atoms with Crippen molar-refractivity contribution in [2.24, 2.45) is 11.7 Å². The summed E-state index contributed by atoms with van der Waals surface area (Å²) in [5, 5.41) is 3.92. The highest BCUT2D eigenvalue weighted by Crippen LogP contribution is 2.26. The summed E-state index contributed by atoms with van der Waals surface area (Å²) in [6, 6.07) is 0. The van der Waals surface area contributed by atoms with E-state index in [1.54, 1.807) is 0 Å². The van der Waals surface area contributed by atoms with Crippen LogP contribution in [0.25, 0.3) is 0 Å². The molecule has 0 radical (unpaired) electrons. The second-order valence-electron chi connectivity index (χ2n) is 5.13. The van der Waals surface area contributed by atoms with E-state index in [0.717, 1.165) is 13.1 Å². The number of anilines is 2. The summed E-state index contributed by atoms with van der Waals surface area (Å²) >= 11 is 1.19. The van der Waals surface area contributed by atoms with E-state index in [1.165, 1.54) is 37.5 Å². The van der Waals surface area contributed by atoms with Crippen LogP contribution in [0.1, 0.15) is 30.1 Å². The maximum absolute atomic E-state index is 11.3. The summed E-state index contributed by atoms with van der Waals surface area (Å²) < 4.78 is 3.96. The van der Waals surface area contributed by atoms with Crippen molar-refractivity contribution < 1.29 is 4.79 Å². The molecule has 1 aromatic rings. The highest BCUT2D eigenvalue weighted by molar-refractivity contribution is 7.11. The third-order valence-electron chi connectivity index (χ3n) is 3.34. The van der Waals surface area contributed by atoms with Gasteiger partial charge in [-0.25, -0.2) is 0 Å². The van der Waals surface area contributed by atoms with Gasteiger partial charge in [0.2, 0.25) is 0 Å². The second kappa shape index (κ2) is 6.21. The Balaban J connectivity index is 1.86. The Hall–Kier alpha value is -1.34. The molecule has 1 unspecified atom stereocenters. The molecule has 1 atom stereocenters. The zero-order valence-electron chi connectivity index (χ0n) is 11.2. The summed E-state index contributed by atoms with van der Waals surface area (Å²) in [6.07, 6.45) is 2.61. The maximum atomic E-state index is 11.3. The fourth-order valence-electron chi connectivity index (χ4n) is 2.40. The SMILES string of the molecule is CC(CNc1snc(N)c1C(N)=O)CN1CCCC1. The minimum Gasteiger partial charge on any atom is -0.382 e. The fraction of sp³-hybridized carbons (Fsp3) is 0.667. The van der Waals surface area contributed by atoms with Crippen molar-refractivity contribution in [1.29, 1.82) is 0 Å². The van der Waals surface area contributed by atoms with Gasteiger partial charge in [-0.15, -0.1) is 0 Å². The molecule has 0 saturated carbocycles. The third-order valence-corrected chi connectivity index (χ3v) is 4.16. The van der Waals surface area contributed by atoms with E-state index >= 15 is 0 Å². The molecule has 6 nitrogen and oxygen atoms in total. The Morgan fingerprint density at radius 1 is 1.53 bits per heavy atom. The first-order valence-electron chi connectivity index (χ1n) is 6.59. The molecule has 1 amide bonds. The number of nitrogens with two attached hydrogens (primary N) is 2. The monoisotopic (exact) mass is 283 g/mol. The molecule has 5 N–H and O–H groups in total. The lowest BCUT2D eigenvalue weighted by molar-refractivity contribution is 0.100. The molecule has 1 aliphatic rings. The van der Waals surface area contributed by atoms with Crippen LogP contribution in [0.3, 0.4) is 0 Å². The molecule has 7 heteroatoms. The molecule has 1 saturated heterocycles. The topological polar surface area (TPSA) is 97.3 Å². The number of nitrogens with one attached hydrogen (secondary N) is 1. The number of primary amides is 1. The number of nitrogen functional groups attached to an aromatic ring is 1. The van der Waals surface area contributed by atoms with Crippen molar-refractivity contribution in [3.63, 3.8) is 0 Å². The van der Waals surface area contributed by atoms with Crippen molar-refractivity contribution in [2.45, 2.75) is 19.8 Å². The molecule has 0 aliphatic carbocycles. The van der Waals surface area contributed by atoms with Gasteiger partial charge in [0.05, 0.1) is 0 Å². The van der Waals surface area contributed by atoms with Gasteiger partial charge in [0, 0.05) is 13.1 Å². The maximum Gasteiger partial charge on any atom is 0.255 e. The van der Waals surface area contributed by atoms with Crippen LogP contribution in [0, 0.1) is 5.92 Å². The Labute approximate surface area is 117 Å². The number of hydrogen-bond acceptors (Lipinski definition) is 6. The predicted octanol–water partition coefficient (Wildman–Crippen LogP) is 0.968. The number of rotatable bonds is 6. The van der Waals surface area contributed by atoms with Gasteiger partial charge in [0.15, 0.2) is 5.82 Å². The first-order chi connectivity index (χ1) is 9.08. The smallest absolute Gasteiger partial charge is 0.255 e. The van der Waals surface area contributed by atoms with Crippen molar-refractivity contribution in [3.05, 3.63) is 5.56 Å². The van der Waals surface area contributed by atoms with Gasteiger partial charge in [-0.2, -0.15) is 4.37 Å². The Kier molecular flexibility index (Phi) is 4.60. The normalized spacial score (nSPS) is 17.5. The number of likely N-dealkylation sites (tertiary alicyclic amines) is 1. The van der Waals surface area contributed by atoms with E-state index in [0.29, 0.717) is 16.5 Å². The lowest BCUT2D eigenvalue weighted by atomic mass is 10.1. The van der Waals surface area contributed by atoms with E-state index in [4.69, 9.17) is 11.5 Å².